The minimum absolute atomic E-state index is 0.0803. The molecule has 0 saturated carbocycles. The van der Waals surface area contributed by atoms with Gasteiger partial charge in [0.15, 0.2) is 11.3 Å². The second kappa shape index (κ2) is 7.70. The Hall–Kier alpha value is -4.39. The fourth-order valence-electron chi connectivity index (χ4n) is 3.62. The Morgan fingerprint density at radius 2 is 1.97 bits per heavy atom. The Bertz CT molecular complexity index is 1520. The molecule has 0 aliphatic carbocycles. The molecule has 32 heavy (non-hydrogen) atoms. The number of benzene rings is 2. The van der Waals surface area contributed by atoms with Crippen LogP contribution in [-0.4, -0.2) is 22.4 Å². The number of hydrogen-bond acceptors (Lipinski definition) is 5. The number of imidazole rings is 1. The van der Waals surface area contributed by atoms with E-state index >= 15 is 0 Å². The Kier molecular flexibility index (Phi) is 4.71. The second-order valence-electron chi connectivity index (χ2n) is 7.40. The molecule has 5 aromatic rings. The van der Waals surface area contributed by atoms with Crippen molar-refractivity contribution in [2.75, 3.05) is 12.4 Å². The zero-order valence-electron chi connectivity index (χ0n) is 17.5. The Labute approximate surface area is 182 Å². The number of carbonyl (C=O) groups is 1. The van der Waals surface area contributed by atoms with Gasteiger partial charge in [0.2, 0.25) is 0 Å². The molecule has 0 atom stereocenters. The molecule has 0 saturated heterocycles. The van der Waals surface area contributed by atoms with Gasteiger partial charge in [-0.25, -0.2) is 9.78 Å². The quantitative estimate of drug-likeness (QED) is 0.423. The van der Waals surface area contributed by atoms with Gasteiger partial charge < -0.3 is 18.9 Å². The highest BCUT2D eigenvalue weighted by Gasteiger charge is 2.17. The summed E-state index contributed by atoms with van der Waals surface area (Å²) in [5.41, 5.74) is 3.41. The van der Waals surface area contributed by atoms with E-state index < -0.39 is 11.5 Å². The number of aryl methyl sites for hydroxylation is 1. The lowest BCUT2D eigenvalue weighted by Crippen LogP contribution is -2.21. The minimum Gasteiger partial charge on any atom is -0.493 e. The lowest BCUT2D eigenvalue weighted by atomic mass is 10.1. The number of nitrogens with zero attached hydrogens (tertiary/aromatic N) is 2. The van der Waals surface area contributed by atoms with Crippen molar-refractivity contribution in [3.8, 4) is 17.0 Å². The molecule has 0 spiro atoms. The zero-order valence-corrected chi connectivity index (χ0v) is 17.5. The average molecular weight is 425 g/mol. The van der Waals surface area contributed by atoms with Gasteiger partial charge in [0.1, 0.15) is 11.2 Å². The highest BCUT2D eigenvalue weighted by atomic mass is 16.5. The Morgan fingerprint density at radius 3 is 2.78 bits per heavy atom. The first-order valence-electron chi connectivity index (χ1n) is 10.0. The van der Waals surface area contributed by atoms with Gasteiger partial charge in [-0.2, -0.15) is 0 Å². The molecule has 0 bridgehead atoms. The molecule has 7 heteroatoms. The van der Waals surface area contributed by atoms with Gasteiger partial charge in [-0.3, -0.25) is 4.79 Å². The molecule has 5 rings (SSSR count). The van der Waals surface area contributed by atoms with Crippen molar-refractivity contribution >= 4 is 28.2 Å². The number of pyridine rings is 1. The summed E-state index contributed by atoms with van der Waals surface area (Å²) in [6, 6.07) is 18.2. The summed E-state index contributed by atoms with van der Waals surface area (Å²) in [5.74, 6) is -0.110. The van der Waals surface area contributed by atoms with E-state index in [1.54, 1.807) is 18.2 Å². The van der Waals surface area contributed by atoms with Crippen LogP contribution in [0.1, 0.15) is 15.9 Å². The van der Waals surface area contributed by atoms with Crippen molar-refractivity contribution in [2.45, 2.75) is 6.92 Å². The van der Waals surface area contributed by atoms with Crippen molar-refractivity contribution < 1.29 is 13.9 Å². The summed E-state index contributed by atoms with van der Waals surface area (Å²) < 4.78 is 12.5. The number of methoxy groups -OCH3 is 1. The maximum Gasteiger partial charge on any atom is 0.349 e. The lowest BCUT2D eigenvalue weighted by molar-refractivity contribution is 0.102. The minimum atomic E-state index is -0.728. The summed E-state index contributed by atoms with van der Waals surface area (Å²) in [5, 5.41) is 3.44. The van der Waals surface area contributed by atoms with Crippen molar-refractivity contribution in [3.05, 3.63) is 94.6 Å². The van der Waals surface area contributed by atoms with Crippen LogP contribution in [0.4, 0.5) is 5.69 Å². The molecular weight excluding hydrogens is 406 g/mol. The third-order valence-electron chi connectivity index (χ3n) is 5.33. The van der Waals surface area contributed by atoms with Gasteiger partial charge >= 0.3 is 5.63 Å². The van der Waals surface area contributed by atoms with Crippen LogP contribution in [0.5, 0.6) is 5.75 Å². The molecule has 7 nitrogen and oxygen atoms in total. The molecule has 158 valence electrons. The molecular formula is C25H19N3O4. The predicted octanol–water partition coefficient (Wildman–Crippen LogP) is 4.68. The van der Waals surface area contributed by atoms with Crippen LogP contribution >= 0.6 is 0 Å². The number of aromatic nitrogens is 2. The van der Waals surface area contributed by atoms with Crippen molar-refractivity contribution in [1.82, 2.24) is 9.38 Å². The molecule has 0 radical (unpaired) electrons. The largest absolute Gasteiger partial charge is 0.493 e. The zero-order chi connectivity index (χ0) is 22.2. The van der Waals surface area contributed by atoms with E-state index in [4.69, 9.17) is 9.15 Å². The molecule has 0 aliphatic rings. The van der Waals surface area contributed by atoms with Crippen molar-refractivity contribution in [2.24, 2.45) is 0 Å². The van der Waals surface area contributed by atoms with Crippen LogP contribution in [-0.2, 0) is 0 Å². The monoisotopic (exact) mass is 425 g/mol. The summed E-state index contributed by atoms with van der Waals surface area (Å²) in [4.78, 5) is 30.1. The van der Waals surface area contributed by atoms with Gasteiger partial charge in [0, 0.05) is 29.0 Å². The number of nitrogens with one attached hydrogen (secondary N) is 1. The van der Waals surface area contributed by atoms with Gasteiger partial charge in [0.05, 0.1) is 12.8 Å². The van der Waals surface area contributed by atoms with Gasteiger partial charge in [-0.15, -0.1) is 0 Å². The molecule has 0 aliphatic heterocycles. The number of hydrogen-bond donors (Lipinski definition) is 1. The number of carbonyl (C=O) groups excluding carboxylic acids is 1. The topological polar surface area (TPSA) is 85.8 Å². The van der Waals surface area contributed by atoms with E-state index in [0.717, 1.165) is 22.5 Å². The highest BCUT2D eigenvalue weighted by Crippen LogP contribution is 2.27. The molecule has 2 aromatic carbocycles. The Balaban J connectivity index is 1.50. The van der Waals surface area contributed by atoms with E-state index in [1.165, 1.54) is 13.2 Å². The number of amides is 1. The molecule has 1 N–H and O–H groups in total. The van der Waals surface area contributed by atoms with E-state index in [1.807, 2.05) is 60.1 Å². The van der Waals surface area contributed by atoms with E-state index in [9.17, 15) is 9.59 Å². The van der Waals surface area contributed by atoms with Crippen LogP contribution in [0, 0.1) is 6.92 Å². The van der Waals surface area contributed by atoms with Crippen molar-refractivity contribution in [3.63, 3.8) is 0 Å². The molecule has 3 heterocycles. The fraction of sp³-hybridized carbons (Fsp3) is 0.0800. The third-order valence-corrected chi connectivity index (χ3v) is 5.33. The van der Waals surface area contributed by atoms with Gasteiger partial charge in [0.25, 0.3) is 5.91 Å². The van der Waals surface area contributed by atoms with Crippen LogP contribution < -0.4 is 15.7 Å². The van der Waals surface area contributed by atoms with Crippen LogP contribution in [0.3, 0.4) is 0 Å². The maximum absolute atomic E-state index is 13.0. The first kappa shape index (κ1) is 19.6. The number of rotatable bonds is 4. The molecule has 0 fully saturated rings. The molecule has 0 unspecified atom stereocenters. The number of fused-ring (bicyclic) bond motifs is 2. The summed E-state index contributed by atoms with van der Waals surface area (Å²) in [6.07, 6.45) is 3.85. The van der Waals surface area contributed by atoms with Crippen LogP contribution in [0.15, 0.2) is 82.3 Å². The lowest BCUT2D eigenvalue weighted by Gasteiger charge is -2.10. The standard InChI is InChI=1S/C25H19N3O4/c1-15-9-10-16(20-14-28-11-4-3-8-22(28)26-20)13-19(15)27-24(29)18-12-17-6-5-7-21(31-2)23(17)32-25(18)30/h3-14H,1-2H3,(H,27,29). The highest BCUT2D eigenvalue weighted by molar-refractivity contribution is 6.06. The number of para-hydroxylation sites is 1. The summed E-state index contributed by atoms with van der Waals surface area (Å²) in [7, 11) is 1.49. The van der Waals surface area contributed by atoms with Gasteiger partial charge in [-0.05, 0) is 42.8 Å². The SMILES string of the molecule is COc1cccc2cc(C(=O)Nc3cc(-c4cn5ccccc5n4)ccc3C)c(=O)oc12. The van der Waals surface area contributed by atoms with Crippen molar-refractivity contribution in [1.29, 1.82) is 0 Å². The first-order chi connectivity index (χ1) is 15.5. The predicted molar refractivity (Wildman–Crippen MR) is 122 cm³/mol. The smallest absolute Gasteiger partial charge is 0.349 e. The normalized spacial score (nSPS) is 11.1. The Morgan fingerprint density at radius 1 is 1.09 bits per heavy atom. The average Bonchev–Trinajstić information content (AvgIpc) is 3.24. The first-order valence-corrected chi connectivity index (χ1v) is 10.0. The number of anilines is 1. The number of ether oxygens (including phenoxy) is 1. The summed E-state index contributed by atoms with van der Waals surface area (Å²) in [6.45, 7) is 1.89. The van der Waals surface area contributed by atoms with E-state index in [2.05, 4.69) is 10.3 Å². The van der Waals surface area contributed by atoms with E-state index in [0.29, 0.717) is 22.4 Å². The van der Waals surface area contributed by atoms with E-state index in [-0.39, 0.29) is 5.56 Å². The van der Waals surface area contributed by atoms with Crippen LogP contribution in [0.25, 0.3) is 27.9 Å². The summed E-state index contributed by atoms with van der Waals surface area (Å²) >= 11 is 0. The molecule has 1 amide bonds. The van der Waals surface area contributed by atoms with Crippen LogP contribution in [0.2, 0.25) is 0 Å². The molecule has 3 aromatic heterocycles. The maximum atomic E-state index is 13.0. The van der Waals surface area contributed by atoms with Gasteiger partial charge in [-0.1, -0.05) is 30.3 Å². The fourth-order valence-corrected chi connectivity index (χ4v) is 3.62. The third kappa shape index (κ3) is 3.39. The second-order valence-corrected chi connectivity index (χ2v) is 7.40.